The summed E-state index contributed by atoms with van der Waals surface area (Å²) in [6.45, 7) is 0. The van der Waals surface area contributed by atoms with Crippen molar-refractivity contribution < 1.29 is 14.5 Å². The van der Waals surface area contributed by atoms with Gasteiger partial charge < -0.3 is 4.74 Å². The minimum absolute atomic E-state index is 0.0681. The molecule has 0 saturated carbocycles. The van der Waals surface area contributed by atoms with E-state index in [0.29, 0.717) is 0 Å². The van der Waals surface area contributed by atoms with E-state index in [0.717, 1.165) is 5.57 Å². The van der Waals surface area contributed by atoms with Gasteiger partial charge in [-0.3, -0.25) is 0 Å². The average molecular weight is 166 g/mol. The van der Waals surface area contributed by atoms with Crippen molar-refractivity contribution >= 4 is 0 Å². The van der Waals surface area contributed by atoms with Gasteiger partial charge in [0.25, 0.3) is 0 Å². The summed E-state index contributed by atoms with van der Waals surface area (Å²) in [5.74, 6) is 0. The van der Waals surface area contributed by atoms with Crippen LogP contribution in [-0.4, -0.2) is 19.5 Å². The molecular weight excluding hydrogens is 156 g/mol. The maximum atomic E-state index is 5.05. The van der Waals surface area contributed by atoms with Gasteiger partial charge in [0.2, 0.25) is 6.29 Å². The molecule has 0 bridgehead atoms. The molecule has 64 valence electrons. The Kier molecular flexibility index (Phi) is 2.08. The molecule has 12 heavy (non-hydrogen) atoms. The standard InChI is InChI=1S/C9H10O3/c1-10-9-6-7-4-2-3-5-8(7)11-12-9/h2-6,8-9H,1H3/t8-,9+/m1/s1. The highest BCUT2D eigenvalue weighted by atomic mass is 17.2. The Morgan fingerprint density at radius 3 is 3.08 bits per heavy atom. The maximum Gasteiger partial charge on any atom is 0.210 e. The monoisotopic (exact) mass is 166 g/mol. The van der Waals surface area contributed by atoms with Gasteiger partial charge in [-0.05, 0) is 17.7 Å². The number of methoxy groups -OCH3 is 1. The Balaban J connectivity index is 2.19. The summed E-state index contributed by atoms with van der Waals surface area (Å²) in [5.41, 5.74) is 1.08. The van der Waals surface area contributed by atoms with E-state index >= 15 is 0 Å². The number of rotatable bonds is 1. The topological polar surface area (TPSA) is 27.7 Å². The molecule has 3 nitrogen and oxygen atoms in total. The Bertz CT molecular complexity index is 252. The molecule has 2 atom stereocenters. The summed E-state index contributed by atoms with van der Waals surface area (Å²) in [6, 6.07) is 0. The average Bonchev–Trinajstić information content (AvgIpc) is 2.17. The van der Waals surface area contributed by atoms with E-state index in [1.807, 2.05) is 30.4 Å². The maximum absolute atomic E-state index is 5.05. The van der Waals surface area contributed by atoms with Crippen LogP contribution in [0.2, 0.25) is 0 Å². The predicted molar refractivity (Wildman–Crippen MR) is 43.1 cm³/mol. The molecule has 1 heterocycles. The molecule has 0 fully saturated rings. The van der Waals surface area contributed by atoms with Crippen LogP contribution in [0.25, 0.3) is 0 Å². The highest BCUT2D eigenvalue weighted by Gasteiger charge is 2.22. The molecule has 2 rings (SSSR count). The lowest BCUT2D eigenvalue weighted by molar-refractivity contribution is -0.376. The Labute approximate surface area is 70.8 Å². The van der Waals surface area contributed by atoms with Crippen LogP contribution in [0, 0.1) is 0 Å². The molecule has 0 aromatic rings. The summed E-state index contributed by atoms with van der Waals surface area (Å²) in [5, 5.41) is 0. The molecule has 0 saturated heterocycles. The molecule has 0 aromatic heterocycles. The molecule has 3 heteroatoms. The van der Waals surface area contributed by atoms with Crippen molar-refractivity contribution in [2.75, 3.05) is 7.11 Å². The highest BCUT2D eigenvalue weighted by Crippen LogP contribution is 2.21. The molecular formula is C9H10O3. The van der Waals surface area contributed by atoms with Crippen molar-refractivity contribution in [1.29, 1.82) is 0 Å². The number of ether oxygens (including phenoxy) is 1. The molecule has 1 aliphatic heterocycles. The quantitative estimate of drug-likeness (QED) is 0.550. The van der Waals surface area contributed by atoms with Gasteiger partial charge in [0.05, 0.1) is 0 Å². The van der Waals surface area contributed by atoms with Crippen LogP contribution >= 0.6 is 0 Å². The zero-order chi connectivity index (χ0) is 8.39. The smallest absolute Gasteiger partial charge is 0.210 e. The number of allylic oxidation sites excluding steroid dienone is 2. The van der Waals surface area contributed by atoms with Gasteiger partial charge in [0, 0.05) is 7.11 Å². The van der Waals surface area contributed by atoms with Crippen molar-refractivity contribution in [1.82, 2.24) is 0 Å². The third-order valence-corrected chi connectivity index (χ3v) is 1.83. The lowest BCUT2D eigenvalue weighted by atomic mass is 10.0. The molecule has 0 unspecified atom stereocenters. The van der Waals surface area contributed by atoms with Gasteiger partial charge in [-0.1, -0.05) is 18.2 Å². The van der Waals surface area contributed by atoms with Gasteiger partial charge in [-0.15, -0.1) is 0 Å². The molecule has 0 N–H and O–H groups in total. The highest BCUT2D eigenvalue weighted by molar-refractivity contribution is 5.35. The van der Waals surface area contributed by atoms with Crippen LogP contribution in [0.1, 0.15) is 0 Å². The van der Waals surface area contributed by atoms with E-state index in [4.69, 9.17) is 14.5 Å². The summed E-state index contributed by atoms with van der Waals surface area (Å²) in [7, 11) is 1.58. The van der Waals surface area contributed by atoms with E-state index in [2.05, 4.69) is 0 Å². The molecule has 0 radical (unpaired) electrons. The van der Waals surface area contributed by atoms with Crippen LogP contribution in [0.3, 0.4) is 0 Å². The lowest BCUT2D eigenvalue weighted by Crippen LogP contribution is -2.26. The SMILES string of the molecule is CO[C@@H]1C=C2C=CC=C[C@H]2OO1. The Hall–Kier alpha value is -0.900. The normalized spacial score (nSPS) is 32.9. The third-order valence-electron chi connectivity index (χ3n) is 1.83. The molecule has 0 amide bonds. The van der Waals surface area contributed by atoms with E-state index in [9.17, 15) is 0 Å². The summed E-state index contributed by atoms with van der Waals surface area (Å²) >= 11 is 0. The third kappa shape index (κ3) is 1.34. The van der Waals surface area contributed by atoms with Crippen molar-refractivity contribution in [3.8, 4) is 0 Å². The number of hydrogen-bond donors (Lipinski definition) is 0. The van der Waals surface area contributed by atoms with Crippen LogP contribution in [0.5, 0.6) is 0 Å². The van der Waals surface area contributed by atoms with Crippen LogP contribution < -0.4 is 0 Å². The first-order valence-electron chi connectivity index (χ1n) is 3.81. The molecule has 0 spiro atoms. The first-order chi connectivity index (χ1) is 5.90. The van der Waals surface area contributed by atoms with E-state index in [-0.39, 0.29) is 12.4 Å². The Morgan fingerprint density at radius 1 is 1.33 bits per heavy atom. The minimum atomic E-state index is -0.382. The zero-order valence-electron chi connectivity index (χ0n) is 6.77. The summed E-state index contributed by atoms with van der Waals surface area (Å²) < 4.78 is 4.96. The summed E-state index contributed by atoms with van der Waals surface area (Å²) in [6.07, 6.45) is 9.25. The van der Waals surface area contributed by atoms with E-state index in [1.165, 1.54) is 0 Å². The number of fused-ring (bicyclic) bond motifs is 1. The zero-order valence-corrected chi connectivity index (χ0v) is 6.77. The van der Waals surface area contributed by atoms with Gasteiger partial charge in [0.1, 0.15) is 6.10 Å². The van der Waals surface area contributed by atoms with Crippen LogP contribution in [0.4, 0.5) is 0 Å². The fourth-order valence-corrected chi connectivity index (χ4v) is 1.18. The van der Waals surface area contributed by atoms with Crippen molar-refractivity contribution in [3.05, 3.63) is 36.0 Å². The Morgan fingerprint density at radius 2 is 2.25 bits per heavy atom. The van der Waals surface area contributed by atoms with Crippen molar-refractivity contribution in [2.45, 2.75) is 12.4 Å². The van der Waals surface area contributed by atoms with Gasteiger partial charge >= 0.3 is 0 Å². The van der Waals surface area contributed by atoms with Crippen LogP contribution in [-0.2, 0) is 14.5 Å². The number of hydrogen-bond acceptors (Lipinski definition) is 3. The molecule has 0 aromatic carbocycles. The summed E-state index contributed by atoms with van der Waals surface area (Å²) in [4.78, 5) is 9.97. The fourth-order valence-electron chi connectivity index (χ4n) is 1.18. The largest absolute Gasteiger partial charge is 0.350 e. The predicted octanol–water partition coefficient (Wildman–Crippen LogP) is 1.34. The van der Waals surface area contributed by atoms with Gasteiger partial charge in [-0.25, -0.2) is 4.89 Å². The first-order valence-corrected chi connectivity index (χ1v) is 3.81. The van der Waals surface area contributed by atoms with Crippen molar-refractivity contribution in [2.24, 2.45) is 0 Å². The van der Waals surface area contributed by atoms with E-state index in [1.54, 1.807) is 7.11 Å². The van der Waals surface area contributed by atoms with Gasteiger partial charge in [-0.2, -0.15) is 4.89 Å². The second kappa shape index (κ2) is 3.23. The second-order valence-corrected chi connectivity index (χ2v) is 2.63. The van der Waals surface area contributed by atoms with E-state index < -0.39 is 0 Å². The minimum Gasteiger partial charge on any atom is -0.350 e. The van der Waals surface area contributed by atoms with Gasteiger partial charge in [0.15, 0.2) is 0 Å². The lowest BCUT2D eigenvalue weighted by Gasteiger charge is -2.24. The fraction of sp³-hybridized carbons (Fsp3) is 0.333. The molecule has 1 aliphatic carbocycles. The first kappa shape index (κ1) is 7.73. The van der Waals surface area contributed by atoms with Crippen molar-refractivity contribution in [3.63, 3.8) is 0 Å². The van der Waals surface area contributed by atoms with Crippen LogP contribution in [0.15, 0.2) is 36.0 Å². The molecule has 2 aliphatic rings. The second-order valence-electron chi connectivity index (χ2n) is 2.63.